The lowest BCUT2D eigenvalue weighted by Gasteiger charge is -2.14. The number of nitro groups is 1. The normalized spacial score (nSPS) is 10.9. The monoisotopic (exact) mass is 362 g/mol. The summed E-state index contributed by atoms with van der Waals surface area (Å²) in [4.78, 5) is 14.7. The number of aromatic hydroxyl groups is 1. The molecule has 6 heteroatoms. The second kappa shape index (κ2) is 8.14. The Morgan fingerprint density at radius 3 is 2.67 bits per heavy atom. The number of hydrogen-bond donors (Lipinski definition) is 1. The van der Waals surface area contributed by atoms with Gasteiger partial charge in [0.2, 0.25) is 0 Å². The highest BCUT2D eigenvalue weighted by Gasteiger charge is 2.16. The molecule has 0 saturated heterocycles. The topological polar surface area (TPSA) is 85.5 Å². The second-order valence-corrected chi connectivity index (χ2v) is 5.92. The van der Waals surface area contributed by atoms with Crippen LogP contribution in [0.2, 0.25) is 0 Å². The van der Waals surface area contributed by atoms with E-state index in [4.69, 9.17) is 4.74 Å². The van der Waals surface area contributed by atoms with Gasteiger partial charge in [0.05, 0.1) is 18.3 Å². The second-order valence-electron chi connectivity index (χ2n) is 5.92. The number of aromatic nitrogens is 1. The number of benzene rings is 2. The minimum Gasteiger partial charge on any atom is -0.507 e. The lowest BCUT2D eigenvalue weighted by Crippen LogP contribution is -1.96. The summed E-state index contributed by atoms with van der Waals surface area (Å²) in [6.45, 7) is 0. The van der Waals surface area contributed by atoms with Crippen molar-refractivity contribution in [1.82, 2.24) is 4.98 Å². The third kappa shape index (κ3) is 4.12. The van der Waals surface area contributed by atoms with Crippen LogP contribution in [-0.2, 0) is 11.2 Å². The van der Waals surface area contributed by atoms with Gasteiger partial charge in [-0.25, -0.2) is 0 Å². The molecule has 1 aromatic heterocycles. The van der Waals surface area contributed by atoms with Gasteiger partial charge in [-0.1, -0.05) is 24.3 Å². The number of methoxy groups -OCH3 is 1. The van der Waals surface area contributed by atoms with Crippen LogP contribution < -0.4 is 0 Å². The van der Waals surface area contributed by atoms with Crippen molar-refractivity contribution in [3.63, 3.8) is 0 Å². The molecule has 0 aliphatic rings. The summed E-state index contributed by atoms with van der Waals surface area (Å²) in [5, 5.41) is 22.0. The van der Waals surface area contributed by atoms with Gasteiger partial charge in [0, 0.05) is 35.7 Å². The predicted molar refractivity (Wildman–Crippen MR) is 103 cm³/mol. The van der Waals surface area contributed by atoms with Crippen molar-refractivity contribution in [2.45, 2.75) is 6.42 Å². The average Bonchev–Trinajstić information content (AvgIpc) is 2.68. The zero-order chi connectivity index (χ0) is 19.2. The first-order valence-electron chi connectivity index (χ1n) is 8.28. The zero-order valence-electron chi connectivity index (χ0n) is 14.7. The third-order valence-corrected chi connectivity index (χ3v) is 4.17. The number of phenolic OH excluding ortho intramolecular Hbond substituents is 1. The first kappa shape index (κ1) is 18.1. The Bertz CT molecular complexity index is 985. The van der Waals surface area contributed by atoms with Crippen LogP contribution in [-0.4, -0.2) is 22.1 Å². The van der Waals surface area contributed by atoms with Gasteiger partial charge in [0.1, 0.15) is 5.75 Å². The van der Waals surface area contributed by atoms with E-state index in [1.54, 1.807) is 36.7 Å². The average molecular weight is 362 g/mol. The van der Waals surface area contributed by atoms with Crippen LogP contribution in [0.1, 0.15) is 16.7 Å². The van der Waals surface area contributed by atoms with E-state index < -0.39 is 4.92 Å². The molecule has 0 unspecified atom stereocenters. The Morgan fingerprint density at radius 2 is 1.96 bits per heavy atom. The standard InChI is InChI=1S/C21H18N2O4/c1-27-12-9-16-5-6-18(13-15-7-10-22-11-8-15)20(21(16)24)17-3-2-4-19(14-17)23(25)26/h2-12,14,24H,13H2,1H3. The van der Waals surface area contributed by atoms with Crippen LogP contribution in [0.4, 0.5) is 5.69 Å². The molecule has 0 amide bonds. The summed E-state index contributed by atoms with van der Waals surface area (Å²) >= 11 is 0. The Balaban J connectivity index is 2.16. The van der Waals surface area contributed by atoms with Crippen LogP contribution in [0, 0.1) is 10.1 Å². The van der Waals surface area contributed by atoms with Crippen LogP contribution in [0.25, 0.3) is 17.2 Å². The Morgan fingerprint density at radius 1 is 1.19 bits per heavy atom. The number of ether oxygens (including phenoxy) is 1. The molecule has 27 heavy (non-hydrogen) atoms. The maximum Gasteiger partial charge on any atom is 0.270 e. The van der Waals surface area contributed by atoms with Crippen molar-refractivity contribution >= 4 is 11.8 Å². The van der Waals surface area contributed by atoms with E-state index in [-0.39, 0.29) is 11.4 Å². The van der Waals surface area contributed by atoms with Crippen molar-refractivity contribution in [3.8, 4) is 16.9 Å². The molecule has 0 fully saturated rings. The number of nitro benzene ring substituents is 1. The lowest BCUT2D eigenvalue weighted by atomic mass is 9.92. The van der Waals surface area contributed by atoms with Gasteiger partial charge in [-0.3, -0.25) is 15.1 Å². The van der Waals surface area contributed by atoms with Gasteiger partial charge in [-0.2, -0.15) is 0 Å². The van der Waals surface area contributed by atoms with E-state index in [1.165, 1.54) is 25.5 Å². The number of pyridine rings is 1. The Hall–Kier alpha value is -3.67. The predicted octanol–water partition coefficient (Wildman–Crippen LogP) is 4.57. The van der Waals surface area contributed by atoms with E-state index in [9.17, 15) is 15.2 Å². The lowest BCUT2D eigenvalue weighted by molar-refractivity contribution is -0.384. The van der Waals surface area contributed by atoms with Crippen molar-refractivity contribution in [2.75, 3.05) is 7.11 Å². The summed E-state index contributed by atoms with van der Waals surface area (Å²) in [6, 6.07) is 13.8. The smallest absolute Gasteiger partial charge is 0.270 e. The van der Waals surface area contributed by atoms with Crippen molar-refractivity contribution in [2.24, 2.45) is 0 Å². The molecule has 0 aliphatic carbocycles. The molecule has 0 saturated carbocycles. The summed E-state index contributed by atoms with van der Waals surface area (Å²) in [5.41, 5.74) is 3.56. The molecule has 0 aliphatic heterocycles. The molecule has 2 aromatic carbocycles. The Kier molecular flexibility index (Phi) is 5.47. The number of hydrogen-bond acceptors (Lipinski definition) is 5. The van der Waals surface area contributed by atoms with E-state index in [2.05, 4.69) is 4.98 Å². The number of rotatable bonds is 6. The van der Waals surface area contributed by atoms with Crippen LogP contribution in [0.5, 0.6) is 5.75 Å². The molecule has 1 N–H and O–H groups in total. The van der Waals surface area contributed by atoms with Crippen LogP contribution in [0.3, 0.4) is 0 Å². The van der Waals surface area contributed by atoms with Gasteiger partial charge in [0.25, 0.3) is 5.69 Å². The van der Waals surface area contributed by atoms with Gasteiger partial charge in [-0.15, -0.1) is 0 Å². The highest BCUT2D eigenvalue weighted by Crippen LogP contribution is 2.38. The van der Waals surface area contributed by atoms with Crippen LogP contribution in [0.15, 0.2) is 67.2 Å². The molecule has 0 spiro atoms. The van der Waals surface area contributed by atoms with Gasteiger partial charge in [0.15, 0.2) is 0 Å². The summed E-state index contributed by atoms with van der Waals surface area (Å²) in [7, 11) is 1.52. The number of phenols is 1. The van der Waals surface area contributed by atoms with Crippen molar-refractivity contribution in [1.29, 1.82) is 0 Å². The summed E-state index contributed by atoms with van der Waals surface area (Å²) in [6.07, 6.45) is 7.08. The molecule has 0 radical (unpaired) electrons. The molecule has 6 nitrogen and oxygen atoms in total. The molecule has 3 aromatic rings. The highest BCUT2D eigenvalue weighted by molar-refractivity contribution is 5.80. The maximum absolute atomic E-state index is 11.2. The van der Waals surface area contributed by atoms with E-state index in [1.807, 2.05) is 18.2 Å². The zero-order valence-corrected chi connectivity index (χ0v) is 14.7. The van der Waals surface area contributed by atoms with Crippen molar-refractivity contribution in [3.05, 3.63) is 94.0 Å². The fourth-order valence-electron chi connectivity index (χ4n) is 2.89. The first-order chi connectivity index (χ1) is 13.1. The molecule has 3 rings (SSSR count). The quantitative estimate of drug-likeness (QED) is 0.394. The van der Waals surface area contributed by atoms with Gasteiger partial charge in [-0.05, 0) is 41.3 Å². The van der Waals surface area contributed by atoms with E-state index >= 15 is 0 Å². The molecule has 0 atom stereocenters. The summed E-state index contributed by atoms with van der Waals surface area (Å²) < 4.78 is 4.93. The number of nitrogens with zero attached hydrogens (tertiary/aromatic N) is 2. The van der Waals surface area contributed by atoms with Gasteiger partial charge < -0.3 is 9.84 Å². The van der Waals surface area contributed by atoms with Gasteiger partial charge >= 0.3 is 0 Å². The maximum atomic E-state index is 11.2. The molecular weight excluding hydrogens is 344 g/mol. The molecular formula is C21H18N2O4. The molecule has 0 bridgehead atoms. The van der Waals surface area contributed by atoms with Crippen molar-refractivity contribution < 1.29 is 14.8 Å². The summed E-state index contributed by atoms with van der Waals surface area (Å²) in [5.74, 6) is 0.0513. The van der Waals surface area contributed by atoms with E-state index in [0.717, 1.165) is 11.1 Å². The highest BCUT2D eigenvalue weighted by atomic mass is 16.6. The SMILES string of the molecule is COC=Cc1ccc(Cc2ccncc2)c(-c2cccc([N+](=O)[O-])c2)c1O. The minimum atomic E-state index is -0.447. The molecule has 1 heterocycles. The minimum absolute atomic E-state index is 0.0282. The third-order valence-electron chi connectivity index (χ3n) is 4.17. The largest absolute Gasteiger partial charge is 0.507 e. The first-order valence-corrected chi connectivity index (χ1v) is 8.28. The van der Waals surface area contributed by atoms with E-state index in [0.29, 0.717) is 23.1 Å². The molecule has 136 valence electrons. The number of non-ortho nitro benzene ring substituents is 1. The fraction of sp³-hybridized carbons (Fsp3) is 0.0952. The Labute approximate surface area is 156 Å². The fourth-order valence-corrected chi connectivity index (χ4v) is 2.89. The van der Waals surface area contributed by atoms with Crippen LogP contribution >= 0.6 is 0 Å².